The number of aromatic nitrogens is 4. The zero-order valence-electron chi connectivity index (χ0n) is 20.4. The minimum Gasteiger partial charge on any atom is -0.494 e. The van der Waals surface area contributed by atoms with Gasteiger partial charge in [0.1, 0.15) is 17.1 Å². The summed E-state index contributed by atoms with van der Waals surface area (Å²) in [5, 5.41) is 3.30. The van der Waals surface area contributed by atoms with E-state index in [1.807, 2.05) is 42.2 Å². The average molecular weight is 488 g/mol. The summed E-state index contributed by atoms with van der Waals surface area (Å²) >= 11 is 0. The number of rotatable bonds is 9. The van der Waals surface area contributed by atoms with Gasteiger partial charge in [-0.2, -0.15) is 0 Å². The van der Waals surface area contributed by atoms with E-state index in [4.69, 9.17) is 14.5 Å². The van der Waals surface area contributed by atoms with Crippen molar-refractivity contribution in [3.63, 3.8) is 0 Å². The lowest BCUT2D eigenvalue weighted by Crippen LogP contribution is -2.45. The van der Waals surface area contributed by atoms with E-state index in [2.05, 4.69) is 25.2 Å². The number of nitrogens with one attached hydrogen (secondary N) is 2. The second-order valence-electron chi connectivity index (χ2n) is 8.52. The van der Waals surface area contributed by atoms with Crippen molar-refractivity contribution in [3.8, 4) is 22.6 Å². The van der Waals surface area contributed by atoms with Gasteiger partial charge < -0.3 is 24.7 Å². The average Bonchev–Trinajstić information content (AvgIpc) is 3.32. The topological polar surface area (TPSA) is 108 Å². The number of fused-ring (bicyclic) bond motifs is 1. The normalized spacial score (nSPS) is 14.1. The van der Waals surface area contributed by atoms with Crippen molar-refractivity contribution in [2.45, 2.75) is 13.5 Å². The molecular formula is C26H29N7O3. The number of pyridine rings is 2. The third kappa shape index (κ3) is 4.94. The van der Waals surface area contributed by atoms with Crippen LogP contribution < -0.4 is 14.8 Å². The molecule has 0 unspecified atom stereocenters. The second kappa shape index (κ2) is 10.6. The van der Waals surface area contributed by atoms with Crippen LogP contribution in [0.25, 0.3) is 22.2 Å². The van der Waals surface area contributed by atoms with Gasteiger partial charge in [-0.05, 0) is 42.8 Å². The number of imidazole rings is 1. The summed E-state index contributed by atoms with van der Waals surface area (Å²) in [5.74, 6) is 2.63. The molecule has 0 bridgehead atoms. The van der Waals surface area contributed by atoms with Crippen LogP contribution in [-0.4, -0.2) is 76.0 Å². The molecule has 0 atom stereocenters. The molecule has 36 heavy (non-hydrogen) atoms. The van der Waals surface area contributed by atoms with Crippen molar-refractivity contribution in [3.05, 3.63) is 54.5 Å². The van der Waals surface area contributed by atoms with Crippen molar-refractivity contribution in [2.75, 3.05) is 45.2 Å². The van der Waals surface area contributed by atoms with E-state index in [0.29, 0.717) is 29.9 Å². The first kappa shape index (κ1) is 23.6. The number of anilines is 2. The van der Waals surface area contributed by atoms with Gasteiger partial charge in [-0.1, -0.05) is 0 Å². The van der Waals surface area contributed by atoms with Crippen LogP contribution >= 0.6 is 0 Å². The zero-order valence-corrected chi connectivity index (χ0v) is 20.4. The number of carbonyl (C=O) groups excluding carboxylic acids is 1. The molecule has 1 aliphatic rings. The second-order valence-corrected chi connectivity index (χ2v) is 8.52. The van der Waals surface area contributed by atoms with Crippen molar-refractivity contribution < 1.29 is 14.3 Å². The lowest BCUT2D eigenvalue weighted by atomic mass is 10.0. The van der Waals surface area contributed by atoms with Gasteiger partial charge in [0.25, 0.3) is 0 Å². The van der Waals surface area contributed by atoms with Crippen LogP contribution in [-0.2, 0) is 11.3 Å². The van der Waals surface area contributed by atoms with Crippen molar-refractivity contribution >= 4 is 29.2 Å². The molecule has 1 amide bonds. The van der Waals surface area contributed by atoms with Gasteiger partial charge in [0.15, 0.2) is 5.75 Å². The number of hydrogen-bond donors (Lipinski definition) is 2. The summed E-state index contributed by atoms with van der Waals surface area (Å²) in [6.45, 7) is 6.49. The van der Waals surface area contributed by atoms with E-state index in [0.717, 1.165) is 66.9 Å². The fourth-order valence-electron chi connectivity index (χ4n) is 4.42. The third-order valence-corrected chi connectivity index (χ3v) is 6.22. The van der Waals surface area contributed by atoms with Gasteiger partial charge in [-0.15, -0.1) is 0 Å². The molecule has 0 saturated carbocycles. The number of ether oxygens (including phenoxy) is 2. The smallest absolute Gasteiger partial charge is 0.209 e. The Hall–Kier alpha value is -4.18. The van der Waals surface area contributed by atoms with E-state index in [-0.39, 0.29) is 0 Å². The molecule has 0 aliphatic carbocycles. The summed E-state index contributed by atoms with van der Waals surface area (Å²) in [6, 6.07) is 9.92. The van der Waals surface area contributed by atoms with E-state index >= 15 is 0 Å². The molecule has 3 aromatic heterocycles. The number of nitrogens with zero attached hydrogens (tertiary/aromatic N) is 5. The first-order valence-electron chi connectivity index (χ1n) is 12.0. The summed E-state index contributed by atoms with van der Waals surface area (Å²) in [4.78, 5) is 31.8. The minimum atomic E-state index is 0.500. The van der Waals surface area contributed by atoms with Crippen molar-refractivity contribution in [2.24, 2.45) is 0 Å². The minimum absolute atomic E-state index is 0.500. The highest BCUT2D eigenvalue weighted by atomic mass is 16.5. The van der Waals surface area contributed by atoms with Gasteiger partial charge in [0, 0.05) is 56.2 Å². The number of hydrogen-bond acceptors (Lipinski definition) is 8. The third-order valence-electron chi connectivity index (χ3n) is 6.22. The van der Waals surface area contributed by atoms with Crippen LogP contribution in [0, 0.1) is 0 Å². The van der Waals surface area contributed by atoms with E-state index in [1.165, 1.54) is 0 Å². The molecule has 1 aliphatic heterocycles. The Bertz CT molecular complexity index is 1350. The highest BCUT2D eigenvalue weighted by molar-refractivity contribution is 5.93. The maximum atomic E-state index is 11.0. The largest absolute Gasteiger partial charge is 0.494 e. The highest BCUT2D eigenvalue weighted by Gasteiger charge is 2.18. The Balaban J connectivity index is 1.39. The highest BCUT2D eigenvalue weighted by Crippen LogP contribution is 2.40. The summed E-state index contributed by atoms with van der Waals surface area (Å²) < 4.78 is 11.6. The number of aromatic amines is 1. The summed E-state index contributed by atoms with van der Waals surface area (Å²) in [7, 11) is 1.63. The van der Waals surface area contributed by atoms with E-state index in [1.54, 1.807) is 25.7 Å². The zero-order chi connectivity index (χ0) is 24.9. The van der Waals surface area contributed by atoms with Crippen LogP contribution in [0.15, 0.2) is 48.9 Å². The van der Waals surface area contributed by atoms with Gasteiger partial charge >= 0.3 is 0 Å². The number of methoxy groups -OCH3 is 1. The van der Waals surface area contributed by atoms with Gasteiger partial charge in [0.2, 0.25) is 12.4 Å². The lowest BCUT2D eigenvalue weighted by Gasteiger charge is -2.32. The number of H-pyrrole nitrogens is 1. The fraction of sp³-hybridized carbons (Fsp3) is 0.308. The summed E-state index contributed by atoms with van der Waals surface area (Å²) in [6.07, 6.45) is 6.14. The molecule has 0 spiro atoms. The number of piperazine rings is 1. The molecule has 186 valence electrons. The Morgan fingerprint density at radius 1 is 1.11 bits per heavy atom. The Morgan fingerprint density at radius 2 is 1.97 bits per heavy atom. The fourth-order valence-corrected chi connectivity index (χ4v) is 4.42. The first-order valence-corrected chi connectivity index (χ1v) is 12.0. The van der Waals surface area contributed by atoms with Crippen LogP contribution in [0.1, 0.15) is 12.5 Å². The number of benzene rings is 1. The first-order chi connectivity index (χ1) is 17.7. The maximum Gasteiger partial charge on any atom is 0.209 e. The van der Waals surface area contributed by atoms with E-state index < -0.39 is 0 Å². The van der Waals surface area contributed by atoms with Crippen LogP contribution in [0.5, 0.6) is 11.5 Å². The van der Waals surface area contributed by atoms with Crippen molar-refractivity contribution in [1.82, 2.24) is 29.7 Å². The Morgan fingerprint density at radius 3 is 2.75 bits per heavy atom. The Kier molecular flexibility index (Phi) is 6.94. The maximum absolute atomic E-state index is 11.0. The molecule has 10 heteroatoms. The van der Waals surface area contributed by atoms with Gasteiger partial charge in [-0.25, -0.2) is 9.97 Å². The Labute approximate surface area is 209 Å². The van der Waals surface area contributed by atoms with Crippen LogP contribution in [0.2, 0.25) is 0 Å². The molecule has 0 radical (unpaired) electrons. The van der Waals surface area contributed by atoms with Crippen LogP contribution in [0.3, 0.4) is 0 Å². The van der Waals surface area contributed by atoms with Gasteiger partial charge in [-0.3, -0.25) is 14.7 Å². The molecule has 1 aromatic carbocycles. The predicted octanol–water partition coefficient (Wildman–Crippen LogP) is 3.44. The molecule has 4 heterocycles. The quantitative estimate of drug-likeness (QED) is 0.346. The molecule has 1 fully saturated rings. The molecule has 4 aromatic rings. The van der Waals surface area contributed by atoms with Gasteiger partial charge in [0.05, 0.1) is 25.4 Å². The molecule has 10 nitrogen and oxygen atoms in total. The predicted molar refractivity (Wildman–Crippen MR) is 137 cm³/mol. The molecule has 2 N–H and O–H groups in total. The van der Waals surface area contributed by atoms with Crippen LogP contribution in [0.4, 0.5) is 11.8 Å². The lowest BCUT2D eigenvalue weighted by molar-refractivity contribution is -0.119. The number of amides is 1. The standard InChI is InChI=1S/C26H29N7O3/c1-3-36-25-20(19-7-8-27-15-22(19)35-2)4-5-21-24(25)31-26(29-21)30-23-14-18(6-9-28-23)16-32-10-12-33(17-34)13-11-32/h4-9,14-15,17H,3,10-13,16H2,1-2H3,(H2,28,29,30,31). The SMILES string of the molecule is CCOc1c(-c2ccncc2OC)ccc2[nH]c(Nc3cc(CN4CCN(C=O)CC4)ccn3)nc12. The molecular weight excluding hydrogens is 458 g/mol. The summed E-state index contributed by atoms with van der Waals surface area (Å²) in [5.41, 5.74) is 4.49. The van der Waals surface area contributed by atoms with Crippen molar-refractivity contribution in [1.29, 1.82) is 0 Å². The number of carbonyl (C=O) groups is 1. The monoisotopic (exact) mass is 487 g/mol. The molecule has 1 saturated heterocycles. The molecule has 5 rings (SSSR count). The van der Waals surface area contributed by atoms with E-state index in [9.17, 15) is 4.79 Å².